The second kappa shape index (κ2) is 8.72. The van der Waals surface area contributed by atoms with Crippen LogP contribution in [0, 0.1) is 0 Å². The number of benzene rings is 1. The van der Waals surface area contributed by atoms with Crippen LogP contribution in [0.3, 0.4) is 0 Å². The topological polar surface area (TPSA) is 122 Å². The molecular formula is C19H13ClN6O3S. The van der Waals surface area contributed by atoms with Crippen molar-refractivity contribution in [2.75, 3.05) is 10.7 Å². The van der Waals surface area contributed by atoms with Gasteiger partial charge in [0.15, 0.2) is 0 Å². The summed E-state index contributed by atoms with van der Waals surface area (Å²) >= 11 is 7.45. The maximum absolute atomic E-state index is 12.4. The van der Waals surface area contributed by atoms with Crippen molar-refractivity contribution in [2.24, 2.45) is 0 Å². The van der Waals surface area contributed by atoms with Gasteiger partial charge in [-0.1, -0.05) is 22.8 Å². The lowest BCUT2D eigenvalue weighted by atomic mass is 10.2. The zero-order chi connectivity index (χ0) is 20.9. The van der Waals surface area contributed by atoms with Crippen LogP contribution in [0.2, 0.25) is 5.02 Å². The number of hydrazine groups is 1. The van der Waals surface area contributed by atoms with Gasteiger partial charge in [-0.2, -0.15) is 4.98 Å². The molecule has 3 heterocycles. The molecule has 11 heteroatoms. The number of hydrogen-bond acceptors (Lipinski definition) is 8. The predicted molar refractivity (Wildman–Crippen MR) is 112 cm³/mol. The van der Waals surface area contributed by atoms with Gasteiger partial charge in [0.2, 0.25) is 5.82 Å². The van der Waals surface area contributed by atoms with Gasteiger partial charge in [-0.3, -0.25) is 20.0 Å². The first-order valence-electron chi connectivity index (χ1n) is 8.55. The summed E-state index contributed by atoms with van der Waals surface area (Å²) in [4.78, 5) is 33.3. The first kappa shape index (κ1) is 19.6. The fourth-order valence-corrected chi connectivity index (χ4v) is 3.21. The summed E-state index contributed by atoms with van der Waals surface area (Å²) in [5.41, 5.74) is 6.32. The molecular weight excluding hydrogens is 428 g/mol. The number of carbonyl (C=O) groups excluding carboxylic acids is 2. The third kappa shape index (κ3) is 4.45. The zero-order valence-electron chi connectivity index (χ0n) is 15.1. The highest BCUT2D eigenvalue weighted by atomic mass is 35.5. The van der Waals surface area contributed by atoms with E-state index in [1.165, 1.54) is 29.5 Å². The first-order chi connectivity index (χ1) is 14.6. The molecule has 0 aliphatic rings. The number of amides is 2. The molecule has 3 N–H and O–H groups in total. The summed E-state index contributed by atoms with van der Waals surface area (Å²) in [5, 5.41) is 8.63. The molecule has 4 rings (SSSR count). The number of aromatic nitrogens is 3. The number of thiophene rings is 1. The molecule has 0 fully saturated rings. The van der Waals surface area contributed by atoms with E-state index in [1.807, 2.05) is 0 Å². The summed E-state index contributed by atoms with van der Waals surface area (Å²) in [5.74, 6) is -0.446. The lowest BCUT2D eigenvalue weighted by molar-refractivity contribution is 0.0959. The summed E-state index contributed by atoms with van der Waals surface area (Å²) < 4.78 is 5.06. The Morgan fingerprint density at radius 2 is 1.90 bits per heavy atom. The maximum Gasteiger partial charge on any atom is 0.340 e. The smallest absolute Gasteiger partial charge is 0.320 e. The van der Waals surface area contributed by atoms with Crippen LogP contribution >= 0.6 is 22.9 Å². The van der Waals surface area contributed by atoms with Gasteiger partial charge in [-0.15, -0.1) is 11.3 Å². The maximum atomic E-state index is 12.4. The molecule has 0 unspecified atom stereocenters. The van der Waals surface area contributed by atoms with Gasteiger partial charge in [-0.05, 0) is 41.8 Å². The molecule has 0 aliphatic heterocycles. The number of hydrogen-bond donors (Lipinski definition) is 3. The van der Waals surface area contributed by atoms with Gasteiger partial charge in [0.05, 0.1) is 15.6 Å². The van der Waals surface area contributed by atoms with Crippen molar-refractivity contribution in [1.82, 2.24) is 20.6 Å². The Bertz CT molecular complexity index is 1180. The van der Waals surface area contributed by atoms with Crippen LogP contribution in [0.1, 0.15) is 20.0 Å². The number of pyridine rings is 1. The molecule has 150 valence electrons. The minimum Gasteiger partial charge on any atom is -0.320 e. The van der Waals surface area contributed by atoms with Crippen molar-refractivity contribution < 1.29 is 14.1 Å². The van der Waals surface area contributed by atoms with Gasteiger partial charge >= 0.3 is 6.01 Å². The van der Waals surface area contributed by atoms with Crippen LogP contribution in [0.4, 0.5) is 11.7 Å². The Morgan fingerprint density at radius 3 is 2.67 bits per heavy atom. The third-order valence-corrected chi connectivity index (χ3v) is 5.07. The second-order valence-electron chi connectivity index (χ2n) is 5.86. The molecule has 9 nitrogen and oxygen atoms in total. The van der Waals surface area contributed by atoms with E-state index in [1.54, 1.807) is 42.0 Å². The molecule has 0 saturated heterocycles. The van der Waals surface area contributed by atoms with Gasteiger partial charge in [0.25, 0.3) is 11.8 Å². The average Bonchev–Trinajstić information content (AvgIpc) is 3.46. The Balaban J connectivity index is 1.41. The van der Waals surface area contributed by atoms with Crippen molar-refractivity contribution in [3.8, 4) is 11.4 Å². The molecule has 30 heavy (non-hydrogen) atoms. The van der Waals surface area contributed by atoms with Crippen molar-refractivity contribution in [3.63, 3.8) is 0 Å². The van der Waals surface area contributed by atoms with Crippen LogP contribution in [0.15, 0.2) is 64.8 Å². The molecule has 0 saturated carbocycles. The van der Waals surface area contributed by atoms with Crippen LogP contribution < -0.4 is 16.2 Å². The zero-order valence-corrected chi connectivity index (χ0v) is 16.7. The molecule has 1 aromatic carbocycles. The monoisotopic (exact) mass is 440 g/mol. The predicted octanol–water partition coefficient (Wildman–Crippen LogP) is 3.86. The van der Waals surface area contributed by atoms with Crippen LogP contribution in [-0.2, 0) is 0 Å². The quantitative estimate of drug-likeness (QED) is 0.389. The largest absolute Gasteiger partial charge is 0.340 e. The number of anilines is 2. The number of nitrogens with zero attached hydrogens (tertiary/aromatic N) is 3. The van der Waals surface area contributed by atoms with Gasteiger partial charge in [0.1, 0.15) is 0 Å². The van der Waals surface area contributed by atoms with Crippen molar-refractivity contribution in [3.05, 3.63) is 75.7 Å². The summed E-state index contributed by atoms with van der Waals surface area (Å²) in [6.07, 6.45) is 3.21. The van der Waals surface area contributed by atoms with E-state index in [2.05, 4.69) is 31.3 Å². The molecule has 0 bridgehead atoms. The summed E-state index contributed by atoms with van der Waals surface area (Å²) in [6, 6.07) is 11.5. The van der Waals surface area contributed by atoms with E-state index in [0.29, 0.717) is 21.4 Å². The summed E-state index contributed by atoms with van der Waals surface area (Å²) in [6.45, 7) is 0. The Kier molecular flexibility index (Phi) is 5.68. The third-order valence-electron chi connectivity index (χ3n) is 3.87. The highest BCUT2D eigenvalue weighted by Crippen LogP contribution is 2.24. The molecule has 0 atom stereocenters. The van der Waals surface area contributed by atoms with Crippen molar-refractivity contribution in [1.29, 1.82) is 0 Å². The first-order valence-corrected chi connectivity index (χ1v) is 9.81. The van der Waals surface area contributed by atoms with E-state index >= 15 is 0 Å². The van der Waals surface area contributed by atoms with Crippen molar-refractivity contribution in [2.45, 2.75) is 0 Å². The van der Waals surface area contributed by atoms with E-state index in [0.717, 1.165) is 5.56 Å². The molecule has 0 spiro atoms. The fourth-order valence-electron chi connectivity index (χ4n) is 2.43. The highest BCUT2D eigenvalue weighted by Gasteiger charge is 2.14. The summed E-state index contributed by atoms with van der Waals surface area (Å²) in [7, 11) is 0. The Morgan fingerprint density at radius 1 is 1.07 bits per heavy atom. The van der Waals surface area contributed by atoms with Crippen LogP contribution in [0.5, 0.6) is 0 Å². The van der Waals surface area contributed by atoms with Crippen LogP contribution in [-0.4, -0.2) is 26.9 Å². The van der Waals surface area contributed by atoms with E-state index in [9.17, 15) is 9.59 Å². The van der Waals surface area contributed by atoms with Crippen LogP contribution in [0.25, 0.3) is 11.4 Å². The highest BCUT2D eigenvalue weighted by molar-refractivity contribution is 7.12. The average molecular weight is 441 g/mol. The minimum atomic E-state index is -0.484. The molecule has 3 aromatic heterocycles. The molecule has 0 radical (unpaired) electrons. The normalized spacial score (nSPS) is 10.4. The van der Waals surface area contributed by atoms with Crippen molar-refractivity contribution >= 4 is 46.5 Å². The molecule has 0 aliphatic carbocycles. The van der Waals surface area contributed by atoms with E-state index in [-0.39, 0.29) is 17.5 Å². The minimum absolute atomic E-state index is 0.00958. The standard InChI is InChI=1S/C19H13ClN6O3S/c20-13-4-3-12(10-14(13)22-18(28)15-2-1-9-30-15)17(27)24-25-19-23-16(26-29-19)11-5-7-21-8-6-11/h1-10H,(H,22,28)(H,24,27)(H,23,25,26). The number of rotatable bonds is 6. The Hall–Kier alpha value is -3.76. The van der Waals surface area contributed by atoms with Gasteiger partial charge in [0, 0.05) is 23.5 Å². The van der Waals surface area contributed by atoms with Gasteiger partial charge in [-0.25, -0.2) is 5.43 Å². The van der Waals surface area contributed by atoms with E-state index in [4.69, 9.17) is 16.1 Å². The lowest BCUT2D eigenvalue weighted by Gasteiger charge is -2.09. The molecule has 2 amide bonds. The van der Waals surface area contributed by atoms with Gasteiger partial charge < -0.3 is 9.84 Å². The van der Waals surface area contributed by atoms with E-state index < -0.39 is 5.91 Å². The molecule has 4 aromatic rings. The Labute approximate surface area is 179 Å². The SMILES string of the molecule is O=C(NNc1nc(-c2ccncc2)no1)c1ccc(Cl)c(NC(=O)c2cccs2)c1. The number of nitrogens with one attached hydrogen (secondary N) is 3. The second-order valence-corrected chi connectivity index (χ2v) is 7.22. The lowest BCUT2D eigenvalue weighted by Crippen LogP contribution is -2.29. The fraction of sp³-hybridized carbons (Fsp3) is 0. The number of carbonyl (C=O) groups is 2. The number of halogens is 1.